The molecule has 1 N–H and O–H groups in total. The zero-order valence-electron chi connectivity index (χ0n) is 8.66. The number of hydrogen-bond donors (Lipinski definition) is 1. The van der Waals surface area contributed by atoms with Crippen molar-refractivity contribution in [2.75, 3.05) is 13.7 Å². The molecule has 0 aromatic carbocycles. The first kappa shape index (κ1) is 11.0. The van der Waals surface area contributed by atoms with E-state index in [0.717, 1.165) is 4.90 Å². The Morgan fingerprint density at radius 3 is 2.50 bits per heavy atom. The van der Waals surface area contributed by atoms with Crippen molar-refractivity contribution in [3.8, 4) is 0 Å². The molecule has 1 aliphatic rings. The van der Waals surface area contributed by atoms with Gasteiger partial charge in [0.2, 0.25) is 0 Å². The molecule has 0 aliphatic carbocycles. The molecule has 5 nitrogen and oxygen atoms in total. The molecule has 1 rings (SSSR count). The van der Waals surface area contributed by atoms with Gasteiger partial charge in [0.05, 0.1) is 12.6 Å². The molecule has 14 heavy (non-hydrogen) atoms. The van der Waals surface area contributed by atoms with Crippen LogP contribution in [0.5, 0.6) is 0 Å². The molecule has 3 amide bonds. The smallest absolute Gasteiger partial charge is 0.325 e. The van der Waals surface area contributed by atoms with Crippen LogP contribution in [-0.4, -0.2) is 42.1 Å². The van der Waals surface area contributed by atoms with Crippen LogP contribution in [0.15, 0.2) is 0 Å². The van der Waals surface area contributed by atoms with Gasteiger partial charge in [-0.1, -0.05) is 0 Å². The van der Waals surface area contributed by atoms with E-state index in [1.54, 1.807) is 13.8 Å². The average Bonchev–Trinajstić information content (AvgIpc) is 2.28. The number of nitrogens with zero attached hydrogens (tertiary/aromatic N) is 1. The second-order valence-electron chi connectivity index (χ2n) is 3.83. The van der Waals surface area contributed by atoms with Gasteiger partial charge < -0.3 is 10.1 Å². The summed E-state index contributed by atoms with van der Waals surface area (Å²) < 4.78 is 4.89. The van der Waals surface area contributed by atoms with Crippen molar-refractivity contribution in [2.45, 2.75) is 25.5 Å². The topological polar surface area (TPSA) is 58.6 Å². The first-order valence-electron chi connectivity index (χ1n) is 4.38. The molecule has 5 heteroatoms. The van der Waals surface area contributed by atoms with Crippen molar-refractivity contribution < 1.29 is 14.3 Å². The fourth-order valence-corrected chi connectivity index (χ4v) is 1.26. The zero-order chi connectivity index (χ0) is 10.9. The van der Waals surface area contributed by atoms with E-state index in [-0.39, 0.29) is 18.5 Å². The van der Waals surface area contributed by atoms with Gasteiger partial charge in [-0.2, -0.15) is 0 Å². The molecule has 79 valence electrons. The van der Waals surface area contributed by atoms with E-state index in [2.05, 4.69) is 12.2 Å². The minimum atomic E-state index is -0.815. The van der Waals surface area contributed by atoms with Crippen molar-refractivity contribution in [3.05, 3.63) is 6.92 Å². The molecule has 1 radical (unpaired) electrons. The molecule has 1 fully saturated rings. The van der Waals surface area contributed by atoms with E-state index in [0.29, 0.717) is 0 Å². The highest BCUT2D eigenvalue weighted by Crippen LogP contribution is 2.16. The standard InChI is InChI=1S/C9H15N2O3/c1-6(14-4)5-11-7(12)9(2,3)10-8(11)13/h6H,1,5H2,2-4H3,(H,10,13). The Kier molecular flexibility index (Phi) is 2.80. The summed E-state index contributed by atoms with van der Waals surface area (Å²) in [5.74, 6) is -0.242. The SMILES string of the molecule is [CH2]C(CN1C(=O)NC(C)(C)C1=O)OC. The third-order valence-corrected chi connectivity index (χ3v) is 2.16. The van der Waals surface area contributed by atoms with Gasteiger partial charge in [-0.05, 0) is 20.8 Å². The molecule has 1 atom stereocenters. The van der Waals surface area contributed by atoms with Gasteiger partial charge in [0, 0.05) is 7.11 Å². The van der Waals surface area contributed by atoms with Crippen LogP contribution in [0.25, 0.3) is 0 Å². The normalized spacial score (nSPS) is 22.4. The van der Waals surface area contributed by atoms with Crippen molar-refractivity contribution in [1.82, 2.24) is 10.2 Å². The van der Waals surface area contributed by atoms with Crippen LogP contribution in [0.2, 0.25) is 0 Å². The van der Waals surface area contributed by atoms with E-state index < -0.39 is 11.6 Å². The number of ether oxygens (including phenoxy) is 1. The lowest BCUT2D eigenvalue weighted by molar-refractivity contribution is -0.131. The largest absolute Gasteiger partial charge is 0.380 e. The first-order valence-corrected chi connectivity index (χ1v) is 4.38. The number of rotatable bonds is 3. The summed E-state index contributed by atoms with van der Waals surface area (Å²) in [5, 5.41) is 2.58. The third kappa shape index (κ3) is 1.87. The van der Waals surface area contributed by atoms with Crippen LogP contribution in [0, 0.1) is 6.92 Å². The average molecular weight is 199 g/mol. The lowest BCUT2D eigenvalue weighted by Crippen LogP contribution is -2.41. The van der Waals surface area contributed by atoms with Crippen molar-refractivity contribution >= 4 is 11.9 Å². The number of amides is 3. The molecular formula is C9H15N2O3. The Labute approximate surface area is 83.4 Å². The van der Waals surface area contributed by atoms with Crippen LogP contribution in [0.3, 0.4) is 0 Å². The van der Waals surface area contributed by atoms with E-state index in [1.165, 1.54) is 7.11 Å². The Balaban J connectivity index is 2.71. The van der Waals surface area contributed by atoms with E-state index in [9.17, 15) is 9.59 Å². The number of hydrogen-bond acceptors (Lipinski definition) is 3. The molecule has 0 aromatic rings. The van der Waals surface area contributed by atoms with Crippen molar-refractivity contribution in [2.24, 2.45) is 0 Å². The molecule has 1 saturated heterocycles. The highest BCUT2D eigenvalue weighted by molar-refractivity contribution is 6.06. The van der Waals surface area contributed by atoms with Crippen molar-refractivity contribution in [1.29, 1.82) is 0 Å². The molecule has 0 spiro atoms. The van der Waals surface area contributed by atoms with E-state index in [1.807, 2.05) is 0 Å². The number of imide groups is 1. The summed E-state index contributed by atoms with van der Waals surface area (Å²) in [4.78, 5) is 24.1. The number of urea groups is 1. The molecule has 1 heterocycles. The number of carbonyl (C=O) groups is 2. The zero-order valence-corrected chi connectivity index (χ0v) is 8.66. The van der Waals surface area contributed by atoms with Crippen LogP contribution in [0.4, 0.5) is 4.79 Å². The second-order valence-corrected chi connectivity index (χ2v) is 3.83. The predicted molar refractivity (Wildman–Crippen MR) is 50.5 cm³/mol. The van der Waals surface area contributed by atoms with Crippen LogP contribution < -0.4 is 5.32 Å². The summed E-state index contributed by atoms with van der Waals surface area (Å²) in [6.45, 7) is 7.16. The lowest BCUT2D eigenvalue weighted by atomic mass is 10.1. The van der Waals surface area contributed by atoms with E-state index in [4.69, 9.17) is 4.74 Å². The van der Waals surface area contributed by atoms with Crippen LogP contribution in [-0.2, 0) is 9.53 Å². The molecule has 1 unspecified atom stereocenters. The highest BCUT2D eigenvalue weighted by atomic mass is 16.5. The van der Waals surface area contributed by atoms with E-state index >= 15 is 0 Å². The summed E-state index contributed by atoms with van der Waals surface area (Å²) >= 11 is 0. The first-order chi connectivity index (χ1) is 6.38. The van der Waals surface area contributed by atoms with Gasteiger partial charge in [0.1, 0.15) is 5.54 Å². The Hall–Kier alpha value is -1.10. The Bertz CT molecular complexity index is 263. The summed E-state index contributed by atoms with van der Waals surface area (Å²) in [5.41, 5.74) is -0.815. The minimum Gasteiger partial charge on any atom is -0.380 e. The van der Waals surface area contributed by atoms with Gasteiger partial charge in [0.15, 0.2) is 0 Å². The van der Waals surface area contributed by atoms with Gasteiger partial charge in [-0.25, -0.2) is 4.79 Å². The van der Waals surface area contributed by atoms with Gasteiger partial charge in [-0.15, -0.1) is 0 Å². The summed E-state index contributed by atoms with van der Waals surface area (Å²) in [6, 6.07) is -0.384. The fourth-order valence-electron chi connectivity index (χ4n) is 1.26. The fraction of sp³-hybridized carbons (Fsp3) is 0.667. The monoisotopic (exact) mass is 199 g/mol. The number of methoxy groups -OCH3 is 1. The number of carbonyl (C=O) groups excluding carboxylic acids is 2. The second kappa shape index (κ2) is 3.57. The highest BCUT2D eigenvalue weighted by Gasteiger charge is 2.44. The van der Waals surface area contributed by atoms with Gasteiger partial charge in [-0.3, -0.25) is 9.69 Å². The van der Waals surface area contributed by atoms with Crippen LogP contribution in [0.1, 0.15) is 13.8 Å². The Morgan fingerprint density at radius 1 is 1.57 bits per heavy atom. The predicted octanol–water partition coefficient (Wildman–Crippen LogP) is 0.166. The molecule has 0 aromatic heterocycles. The van der Waals surface area contributed by atoms with Gasteiger partial charge in [0.25, 0.3) is 5.91 Å². The van der Waals surface area contributed by atoms with Crippen LogP contribution >= 0.6 is 0 Å². The molecule has 1 aliphatic heterocycles. The maximum absolute atomic E-state index is 11.6. The number of nitrogens with one attached hydrogen (secondary N) is 1. The maximum Gasteiger partial charge on any atom is 0.325 e. The minimum absolute atomic E-state index is 0.185. The molecule has 0 saturated carbocycles. The van der Waals surface area contributed by atoms with Gasteiger partial charge >= 0.3 is 6.03 Å². The maximum atomic E-state index is 11.6. The molecule has 0 bridgehead atoms. The quantitative estimate of drug-likeness (QED) is 0.659. The lowest BCUT2D eigenvalue weighted by Gasteiger charge is -2.18. The Morgan fingerprint density at radius 2 is 2.14 bits per heavy atom. The summed E-state index contributed by atoms with van der Waals surface area (Å²) in [6.07, 6.45) is -0.390. The third-order valence-electron chi connectivity index (χ3n) is 2.16. The summed E-state index contributed by atoms with van der Waals surface area (Å²) in [7, 11) is 1.49. The van der Waals surface area contributed by atoms with Crippen molar-refractivity contribution in [3.63, 3.8) is 0 Å². The molecular weight excluding hydrogens is 184 g/mol.